The maximum atomic E-state index is 11.0. The van der Waals surface area contributed by atoms with Crippen LogP contribution in [0.25, 0.3) is 0 Å². The lowest BCUT2D eigenvalue weighted by atomic mass is 10.2. The molecule has 1 aromatic heterocycles. The Morgan fingerprint density at radius 1 is 1.29 bits per heavy atom. The number of aryl methyl sites for hydroxylation is 1. The van der Waals surface area contributed by atoms with Crippen molar-refractivity contribution < 1.29 is 9.90 Å². The number of para-hydroxylation sites is 1. The molecular weight excluding hydrogens is 218 g/mol. The van der Waals surface area contributed by atoms with Crippen molar-refractivity contribution in [2.75, 3.05) is 5.32 Å². The van der Waals surface area contributed by atoms with E-state index < -0.39 is 5.97 Å². The van der Waals surface area contributed by atoms with Crippen LogP contribution in [0.1, 0.15) is 16.2 Å². The number of aromatic carboxylic acids is 1. The van der Waals surface area contributed by atoms with Gasteiger partial charge >= 0.3 is 5.97 Å². The molecule has 0 saturated carbocycles. The highest BCUT2D eigenvalue weighted by Gasteiger charge is 2.12. The summed E-state index contributed by atoms with van der Waals surface area (Å²) in [6.07, 6.45) is 1.30. The molecule has 5 nitrogen and oxygen atoms in total. The Morgan fingerprint density at radius 2 is 2.00 bits per heavy atom. The molecule has 1 heterocycles. The lowest BCUT2D eigenvalue weighted by molar-refractivity contribution is 0.0697. The van der Waals surface area contributed by atoms with Crippen LogP contribution in [0.15, 0.2) is 36.5 Å². The fraction of sp³-hybridized carbons (Fsp3) is 0.0833. The van der Waals surface area contributed by atoms with Crippen molar-refractivity contribution >= 4 is 17.5 Å². The fourth-order valence-corrected chi connectivity index (χ4v) is 1.38. The molecule has 0 spiro atoms. The smallest absolute Gasteiger partial charge is 0.341 e. The highest BCUT2D eigenvalue weighted by Crippen LogP contribution is 2.17. The lowest BCUT2D eigenvalue weighted by Crippen LogP contribution is -2.07. The number of carbonyl (C=O) groups is 1. The molecule has 0 aliphatic rings. The molecule has 2 rings (SSSR count). The van der Waals surface area contributed by atoms with Gasteiger partial charge in [-0.05, 0) is 19.1 Å². The summed E-state index contributed by atoms with van der Waals surface area (Å²) in [5.41, 5.74) is 0.840. The van der Waals surface area contributed by atoms with Gasteiger partial charge in [-0.25, -0.2) is 14.8 Å². The van der Waals surface area contributed by atoms with Crippen LogP contribution in [0.5, 0.6) is 0 Å². The number of anilines is 2. The van der Waals surface area contributed by atoms with E-state index in [4.69, 9.17) is 5.11 Å². The van der Waals surface area contributed by atoms with Crippen LogP contribution in [0.2, 0.25) is 0 Å². The lowest BCUT2D eigenvalue weighted by Gasteiger charge is -2.08. The van der Waals surface area contributed by atoms with Gasteiger partial charge in [-0.2, -0.15) is 0 Å². The molecule has 0 aliphatic heterocycles. The van der Waals surface area contributed by atoms with Crippen LogP contribution < -0.4 is 5.32 Å². The number of nitrogens with one attached hydrogen (secondary N) is 1. The Balaban J connectivity index is 2.37. The summed E-state index contributed by atoms with van der Waals surface area (Å²) < 4.78 is 0. The number of benzene rings is 1. The molecule has 2 aromatic rings. The van der Waals surface area contributed by atoms with Gasteiger partial charge < -0.3 is 10.4 Å². The molecule has 0 unspecified atom stereocenters. The summed E-state index contributed by atoms with van der Waals surface area (Å²) >= 11 is 0. The minimum absolute atomic E-state index is 0.0550. The van der Waals surface area contributed by atoms with Crippen molar-refractivity contribution in [1.29, 1.82) is 0 Å². The van der Waals surface area contributed by atoms with Crippen LogP contribution in [0.3, 0.4) is 0 Å². The van der Waals surface area contributed by atoms with Crippen LogP contribution in [0.4, 0.5) is 11.5 Å². The van der Waals surface area contributed by atoms with Crippen molar-refractivity contribution in [3.8, 4) is 0 Å². The van der Waals surface area contributed by atoms with Crippen LogP contribution in [0, 0.1) is 6.92 Å². The Bertz CT molecular complexity index is 541. The standard InChI is InChI=1S/C12H11N3O2/c1-8-13-7-10(12(16)17)11(14-8)15-9-5-3-2-4-6-9/h2-7H,1H3,(H,16,17)(H,13,14,15). The van der Waals surface area contributed by atoms with Gasteiger partial charge in [-0.15, -0.1) is 0 Å². The SMILES string of the molecule is Cc1ncc(C(=O)O)c(Nc2ccccc2)n1. The summed E-state index contributed by atoms with van der Waals surface area (Å²) in [7, 11) is 0. The number of nitrogens with zero attached hydrogens (tertiary/aromatic N) is 2. The number of hydrogen-bond donors (Lipinski definition) is 2. The molecule has 0 fully saturated rings. The van der Waals surface area contributed by atoms with E-state index in [1.54, 1.807) is 6.92 Å². The summed E-state index contributed by atoms with van der Waals surface area (Å²) in [5.74, 6) is -0.229. The first-order chi connectivity index (χ1) is 8.16. The Hall–Kier alpha value is -2.43. The van der Waals surface area contributed by atoms with Gasteiger partial charge in [0.25, 0.3) is 0 Å². The topological polar surface area (TPSA) is 75.1 Å². The average molecular weight is 229 g/mol. The van der Waals surface area contributed by atoms with Gasteiger partial charge in [0, 0.05) is 11.9 Å². The average Bonchev–Trinajstić information content (AvgIpc) is 2.30. The van der Waals surface area contributed by atoms with Crippen LogP contribution in [-0.4, -0.2) is 21.0 Å². The van der Waals surface area contributed by atoms with Crippen molar-refractivity contribution in [2.45, 2.75) is 6.92 Å². The van der Waals surface area contributed by atoms with Gasteiger partial charge in [0.1, 0.15) is 17.2 Å². The third-order valence-electron chi connectivity index (χ3n) is 2.18. The summed E-state index contributed by atoms with van der Waals surface area (Å²) in [4.78, 5) is 19.0. The predicted octanol–water partition coefficient (Wildman–Crippen LogP) is 2.23. The van der Waals surface area contributed by atoms with Gasteiger partial charge in [-0.3, -0.25) is 0 Å². The molecule has 0 amide bonds. The molecule has 0 bridgehead atoms. The maximum Gasteiger partial charge on any atom is 0.341 e. The van der Waals surface area contributed by atoms with E-state index in [9.17, 15) is 4.79 Å². The van der Waals surface area contributed by atoms with Gasteiger partial charge in [-0.1, -0.05) is 18.2 Å². The van der Waals surface area contributed by atoms with Gasteiger partial charge in [0.15, 0.2) is 0 Å². The molecule has 17 heavy (non-hydrogen) atoms. The molecule has 5 heteroatoms. The summed E-state index contributed by atoms with van der Waals surface area (Å²) in [6, 6.07) is 9.27. The Labute approximate surface area is 98.2 Å². The largest absolute Gasteiger partial charge is 0.477 e. The first-order valence-corrected chi connectivity index (χ1v) is 5.06. The van der Waals surface area contributed by atoms with Crippen LogP contribution in [-0.2, 0) is 0 Å². The summed E-state index contributed by atoms with van der Waals surface area (Å²) in [5, 5.41) is 12.0. The van der Waals surface area contributed by atoms with Crippen LogP contribution >= 0.6 is 0 Å². The van der Waals surface area contributed by atoms with E-state index in [1.807, 2.05) is 30.3 Å². The number of rotatable bonds is 3. The molecule has 0 aliphatic carbocycles. The first kappa shape index (κ1) is 11.1. The maximum absolute atomic E-state index is 11.0. The van der Waals surface area contributed by atoms with E-state index in [0.717, 1.165) is 5.69 Å². The highest BCUT2D eigenvalue weighted by molar-refractivity contribution is 5.93. The van der Waals surface area contributed by atoms with E-state index in [1.165, 1.54) is 6.20 Å². The molecule has 0 saturated heterocycles. The third-order valence-corrected chi connectivity index (χ3v) is 2.18. The predicted molar refractivity (Wildman–Crippen MR) is 63.5 cm³/mol. The monoisotopic (exact) mass is 229 g/mol. The fourth-order valence-electron chi connectivity index (χ4n) is 1.38. The summed E-state index contributed by atoms with van der Waals surface area (Å²) in [6.45, 7) is 1.71. The van der Waals surface area contributed by atoms with E-state index in [2.05, 4.69) is 15.3 Å². The van der Waals surface area contributed by atoms with Crippen molar-refractivity contribution in [1.82, 2.24) is 9.97 Å². The normalized spacial score (nSPS) is 9.94. The van der Waals surface area contributed by atoms with E-state index in [0.29, 0.717) is 11.6 Å². The molecule has 0 radical (unpaired) electrons. The zero-order valence-corrected chi connectivity index (χ0v) is 9.21. The minimum atomic E-state index is -1.05. The van der Waals surface area contributed by atoms with Crippen molar-refractivity contribution in [2.24, 2.45) is 0 Å². The molecule has 1 aromatic carbocycles. The first-order valence-electron chi connectivity index (χ1n) is 5.06. The number of hydrogen-bond acceptors (Lipinski definition) is 4. The second-order valence-electron chi connectivity index (χ2n) is 3.48. The van der Waals surface area contributed by atoms with Gasteiger partial charge in [0.2, 0.25) is 0 Å². The van der Waals surface area contributed by atoms with E-state index in [-0.39, 0.29) is 5.56 Å². The second-order valence-corrected chi connectivity index (χ2v) is 3.48. The quantitative estimate of drug-likeness (QED) is 0.844. The second kappa shape index (κ2) is 4.61. The van der Waals surface area contributed by atoms with E-state index >= 15 is 0 Å². The minimum Gasteiger partial charge on any atom is -0.477 e. The number of aromatic nitrogens is 2. The molecular formula is C12H11N3O2. The molecule has 2 N–H and O–H groups in total. The van der Waals surface area contributed by atoms with Gasteiger partial charge in [0.05, 0.1) is 0 Å². The zero-order valence-electron chi connectivity index (χ0n) is 9.21. The number of carboxylic acids is 1. The third kappa shape index (κ3) is 2.57. The highest BCUT2D eigenvalue weighted by atomic mass is 16.4. The number of carboxylic acid groups (broad SMARTS) is 1. The van der Waals surface area contributed by atoms with Crippen molar-refractivity contribution in [3.63, 3.8) is 0 Å². The molecule has 0 atom stereocenters. The Morgan fingerprint density at radius 3 is 2.65 bits per heavy atom. The van der Waals surface area contributed by atoms with Crippen molar-refractivity contribution in [3.05, 3.63) is 47.9 Å². The molecule has 86 valence electrons. The Kier molecular flexibility index (Phi) is 3.00. The zero-order chi connectivity index (χ0) is 12.3.